The number of carboxylic acids is 1. The van der Waals surface area contributed by atoms with Gasteiger partial charge < -0.3 is 30.3 Å². The van der Waals surface area contributed by atoms with Gasteiger partial charge in [-0.15, -0.1) is 0 Å². The second-order valence-corrected chi connectivity index (χ2v) is 11.3. The topological polar surface area (TPSA) is 117 Å². The lowest BCUT2D eigenvalue weighted by molar-refractivity contribution is -0.141. The van der Waals surface area contributed by atoms with Crippen LogP contribution in [0.4, 0.5) is 4.79 Å². The third-order valence-corrected chi connectivity index (χ3v) is 9.58. The van der Waals surface area contributed by atoms with E-state index >= 15 is 0 Å². The second-order valence-electron chi connectivity index (χ2n) is 10.1. The van der Waals surface area contributed by atoms with Gasteiger partial charge in [0.25, 0.3) is 0 Å². The van der Waals surface area contributed by atoms with Crippen molar-refractivity contribution in [1.82, 2.24) is 10.6 Å². The quantitative estimate of drug-likeness (QED) is 0.200. The van der Waals surface area contributed by atoms with Crippen LogP contribution in [0.2, 0.25) is 0 Å². The van der Waals surface area contributed by atoms with E-state index in [4.69, 9.17) is 9.47 Å². The minimum Gasteiger partial charge on any atom is -0.497 e. The number of nitrogens with one attached hydrogen (secondary N) is 2. The van der Waals surface area contributed by atoms with Crippen LogP contribution in [0.15, 0.2) is 78.9 Å². The molecule has 5 rings (SSSR count). The normalized spacial score (nSPS) is 20.9. The van der Waals surface area contributed by atoms with Crippen LogP contribution in [0.25, 0.3) is 0 Å². The summed E-state index contributed by atoms with van der Waals surface area (Å²) in [5, 5.41) is 27.6. The maximum atomic E-state index is 12.5. The van der Waals surface area contributed by atoms with Crippen molar-refractivity contribution in [1.29, 1.82) is 0 Å². The van der Waals surface area contributed by atoms with Gasteiger partial charge in [0.2, 0.25) is 6.10 Å². The van der Waals surface area contributed by atoms with Gasteiger partial charge in [-0.2, -0.15) is 11.8 Å². The fourth-order valence-electron chi connectivity index (χ4n) is 6.19. The Hall–Kier alpha value is -3.69. The molecule has 2 amide bonds. The first-order valence-electron chi connectivity index (χ1n) is 13.2. The molecule has 4 N–H and O–H groups in total. The summed E-state index contributed by atoms with van der Waals surface area (Å²) in [6, 6.07) is 24.6. The first-order chi connectivity index (χ1) is 19.4. The zero-order valence-electron chi connectivity index (χ0n) is 22.4. The van der Waals surface area contributed by atoms with Crippen LogP contribution in [-0.4, -0.2) is 59.5 Å². The number of methoxy groups -OCH3 is 2. The van der Waals surface area contributed by atoms with Crippen molar-refractivity contribution in [3.63, 3.8) is 0 Å². The maximum absolute atomic E-state index is 12.5. The van der Waals surface area contributed by atoms with Crippen molar-refractivity contribution in [3.8, 4) is 11.5 Å². The number of rotatable bonds is 11. The third kappa shape index (κ3) is 5.11. The summed E-state index contributed by atoms with van der Waals surface area (Å²) in [5.74, 6) is -0.0737. The van der Waals surface area contributed by atoms with E-state index in [9.17, 15) is 19.8 Å². The Morgan fingerprint density at radius 2 is 1.45 bits per heavy atom. The van der Waals surface area contributed by atoms with Crippen molar-refractivity contribution in [2.45, 2.75) is 35.6 Å². The van der Waals surface area contributed by atoms with Gasteiger partial charge in [0.15, 0.2) is 0 Å². The van der Waals surface area contributed by atoms with Gasteiger partial charge in [-0.05, 0) is 53.8 Å². The molecule has 2 heterocycles. The molecule has 40 heavy (non-hydrogen) atoms. The van der Waals surface area contributed by atoms with E-state index < -0.39 is 23.4 Å². The molecule has 209 valence electrons. The minimum atomic E-state index is -1.36. The molecule has 2 saturated heterocycles. The highest BCUT2D eigenvalue weighted by molar-refractivity contribution is 8.00. The van der Waals surface area contributed by atoms with E-state index in [0.717, 1.165) is 22.4 Å². The van der Waals surface area contributed by atoms with Crippen LogP contribution < -0.4 is 20.1 Å². The number of hydrogen-bond donors (Lipinski definition) is 4. The maximum Gasteiger partial charge on any atom is 0.339 e. The Morgan fingerprint density at radius 3 is 1.98 bits per heavy atom. The number of carbonyl (C=O) groups is 2. The summed E-state index contributed by atoms with van der Waals surface area (Å²) in [5.41, 5.74) is 1.41. The summed E-state index contributed by atoms with van der Waals surface area (Å²) in [6.45, 7) is 0. The molecule has 2 fully saturated rings. The lowest BCUT2D eigenvalue weighted by Gasteiger charge is -2.44. The Balaban J connectivity index is 1.68. The van der Waals surface area contributed by atoms with Gasteiger partial charge in [0.05, 0.1) is 31.7 Å². The standard InChI is InChI=1S/C31H33N2O6S/c1-38-22-12-8-20(9-13-22)31(19-6-4-3-5-7-19,21-10-14-23(39-2)15-11-21)24(28(34)29(35)36)16-17-26-27-25(18-40-26)32-30(37)33-27/h3-15,24-27,34H,16-18H2,1-2H3,(H,35,36)(H2,32,33,37)/t24?,25-,26-,27-/m0/s1. The number of urea groups is 1. The number of benzene rings is 3. The molecule has 0 aromatic heterocycles. The highest BCUT2D eigenvalue weighted by Crippen LogP contribution is 2.51. The van der Waals surface area contributed by atoms with Gasteiger partial charge in [-0.1, -0.05) is 54.6 Å². The van der Waals surface area contributed by atoms with Gasteiger partial charge in [-0.25, -0.2) is 9.59 Å². The molecule has 4 atom stereocenters. The lowest BCUT2D eigenvalue weighted by atomic mass is 9.59. The smallest absolute Gasteiger partial charge is 0.339 e. The molecular formula is C31H33N2O6S. The fraction of sp³-hybridized carbons (Fsp3) is 0.323. The van der Waals surface area contributed by atoms with E-state index in [2.05, 4.69) is 10.6 Å². The van der Waals surface area contributed by atoms with Crippen molar-refractivity contribution in [2.75, 3.05) is 20.0 Å². The Bertz CT molecular complexity index is 1270. The zero-order valence-corrected chi connectivity index (χ0v) is 23.2. The number of thioether (sulfide) groups is 1. The molecule has 0 saturated carbocycles. The van der Waals surface area contributed by atoms with E-state index in [1.807, 2.05) is 78.9 Å². The average molecular weight is 562 g/mol. The monoisotopic (exact) mass is 561 g/mol. The van der Waals surface area contributed by atoms with E-state index in [0.29, 0.717) is 24.3 Å². The van der Waals surface area contributed by atoms with Gasteiger partial charge in [0, 0.05) is 16.9 Å². The van der Waals surface area contributed by atoms with Crippen molar-refractivity contribution in [2.24, 2.45) is 5.92 Å². The summed E-state index contributed by atoms with van der Waals surface area (Å²) in [4.78, 5) is 24.5. The number of amides is 2. The number of aliphatic carboxylic acids is 1. The van der Waals surface area contributed by atoms with Gasteiger partial charge in [-0.3, -0.25) is 0 Å². The SMILES string of the molecule is COc1ccc(C(c2ccccc2)(c2ccc(OC)cc2)C(CC[C@@H]2SC[C@@H]3NC(=O)N[C@@H]32)[C](O)C(=O)O)cc1. The van der Waals surface area contributed by atoms with Crippen LogP contribution in [0, 0.1) is 12.0 Å². The number of carbonyl (C=O) groups excluding carboxylic acids is 1. The first kappa shape index (κ1) is 27.9. The summed E-state index contributed by atoms with van der Waals surface area (Å²) in [7, 11) is 3.19. The average Bonchev–Trinajstić information content (AvgIpc) is 3.54. The van der Waals surface area contributed by atoms with Crippen molar-refractivity contribution in [3.05, 3.63) is 102 Å². The Kier molecular flexibility index (Phi) is 8.23. The van der Waals surface area contributed by atoms with Crippen LogP contribution in [-0.2, 0) is 10.2 Å². The highest BCUT2D eigenvalue weighted by Gasteiger charge is 2.51. The molecule has 0 spiro atoms. The summed E-state index contributed by atoms with van der Waals surface area (Å²) < 4.78 is 10.9. The molecular weight excluding hydrogens is 528 g/mol. The van der Waals surface area contributed by atoms with E-state index in [1.54, 1.807) is 26.0 Å². The van der Waals surface area contributed by atoms with E-state index in [1.165, 1.54) is 0 Å². The van der Waals surface area contributed by atoms with Crippen LogP contribution in [0.5, 0.6) is 11.5 Å². The number of carboxylic acid groups (broad SMARTS) is 1. The van der Waals surface area contributed by atoms with Crippen LogP contribution in [0.1, 0.15) is 29.5 Å². The first-order valence-corrected chi connectivity index (χ1v) is 14.3. The zero-order chi connectivity index (χ0) is 28.3. The van der Waals surface area contributed by atoms with Crippen molar-refractivity contribution >= 4 is 23.8 Å². The second kappa shape index (κ2) is 11.8. The molecule has 1 radical (unpaired) electrons. The Labute approximate surface area is 238 Å². The van der Waals surface area contributed by atoms with E-state index in [-0.39, 0.29) is 23.4 Å². The molecule has 2 aliphatic rings. The molecule has 3 aromatic rings. The summed E-state index contributed by atoms with van der Waals surface area (Å²) in [6.07, 6.45) is 0.349. The third-order valence-electron chi connectivity index (χ3n) is 8.07. The molecule has 2 aliphatic heterocycles. The van der Waals surface area contributed by atoms with Gasteiger partial charge in [0.1, 0.15) is 11.5 Å². The molecule has 3 aromatic carbocycles. The van der Waals surface area contributed by atoms with Crippen molar-refractivity contribution < 1.29 is 29.3 Å². The van der Waals surface area contributed by atoms with Crippen LogP contribution in [0.3, 0.4) is 0 Å². The van der Waals surface area contributed by atoms with Gasteiger partial charge >= 0.3 is 12.0 Å². The number of ether oxygens (including phenoxy) is 2. The number of aliphatic hydroxyl groups excluding tert-OH is 1. The fourth-order valence-corrected chi connectivity index (χ4v) is 7.71. The molecule has 8 nitrogen and oxygen atoms in total. The molecule has 0 aliphatic carbocycles. The summed E-state index contributed by atoms with van der Waals surface area (Å²) >= 11 is 1.76. The number of fused-ring (bicyclic) bond motifs is 1. The number of aliphatic hydroxyl groups is 1. The molecule has 1 unspecified atom stereocenters. The molecule has 0 bridgehead atoms. The predicted molar refractivity (Wildman–Crippen MR) is 153 cm³/mol. The minimum absolute atomic E-state index is 0.0417. The molecule has 9 heteroatoms. The predicted octanol–water partition coefficient (Wildman–Crippen LogP) is 4.59. The van der Waals surface area contributed by atoms with Crippen LogP contribution >= 0.6 is 11.8 Å². The highest BCUT2D eigenvalue weighted by atomic mass is 32.2. The largest absolute Gasteiger partial charge is 0.497 e. The number of hydrogen-bond acceptors (Lipinski definition) is 6. The lowest BCUT2D eigenvalue weighted by Crippen LogP contribution is -2.44. The Morgan fingerprint density at radius 1 is 0.900 bits per heavy atom.